The van der Waals surface area contributed by atoms with Gasteiger partial charge in [-0.2, -0.15) is 0 Å². The average Bonchev–Trinajstić information content (AvgIpc) is 3.87. The highest BCUT2D eigenvalue weighted by molar-refractivity contribution is 5.98. The van der Waals surface area contributed by atoms with Crippen LogP contribution in [0.4, 0.5) is 0 Å². The maximum Gasteiger partial charge on any atom is 0.357 e. The number of carbonyl (C=O) groups excluding carboxylic acids is 2. The van der Waals surface area contributed by atoms with Crippen LogP contribution in [0, 0.1) is 0 Å². The van der Waals surface area contributed by atoms with Gasteiger partial charge in [0.05, 0.1) is 13.2 Å². The largest absolute Gasteiger partial charge is 0.461 e. The number of hydrogen-bond acceptors (Lipinski definition) is 6. The molecule has 6 aromatic carbocycles. The fourth-order valence-corrected chi connectivity index (χ4v) is 6.43. The van der Waals surface area contributed by atoms with Crippen molar-refractivity contribution in [3.63, 3.8) is 0 Å². The van der Waals surface area contributed by atoms with Crippen molar-refractivity contribution >= 4 is 11.9 Å². The Morgan fingerprint density at radius 1 is 0.411 bits per heavy atom. The minimum absolute atomic E-state index is 0.299. The van der Waals surface area contributed by atoms with E-state index in [2.05, 4.69) is 0 Å². The minimum Gasteiger partial charge on any atom is -0.461 e. The van der Waals surface area contributed by atoms with E-state index in [1.807, 2.05) is 191 Å². The summed E-state index contributed by atoms with van der Waals surface area (Å²) in [5.74, 6) is 0.627. The smallest absolute Gasteiger partial charge is 0.357 e. The molecule has 0 bridgehead atoms. The van der Waals surface area contributed by atoms with E-state index < -0.39 is 0 Å². The van der Waals surface area contributed by atoms with E-state index in [0.717, 1.165) is 33.6 Å². The van der Waals surface area contributed by atoms with Crippen molar-refractivity contribution in [2.75, 3.05) is 13.2 Å². The van der Waals surface area contributed by atoms with Crippen molar-refractivity contribution in [3.8, 4) is 56.7 Å². The molecule has 56 heavy (non-hydrogen) atoms. The molecule has 8 aromatic rings. The number of nitrogens with zero attached hydrogens (tertiary/aromatic N) is 4. The van der Waals surface area contributed by atoms with Gasteiger partial charge in [-0.1, -0.05) is 158 Å². The lowest BCUT2D eigenvalue weighted by Crippen LogP contribution is -2.13. The second-order valence-corrected chi connectivity index (χ2v) is 12.5. The molecule has 0 unspecified atom stereocenters. The molecule has 8 rings (SSSR count). The number of hydrogen-bond donors (Lipinski definition) is 0. The third-order valence-corrected chi connectivity index (χ3v) is 8.88. The van der Waals surface area contributed by atoms with Crippen LogP contribution >= 0.6 is 0 Å². The minimum atomic E-state index is -0.389. The molecule has 0 aliphatic rings. The van der Waals surface area contributed by atoms with E-state index in [0.29, 0.717) is 47.6 Å². The van der Waals surface area contributed by atoms with Gasteiger partial charge >= 0.3 is 11.9 Å². The van der Waals surface area contributed by atoms with E-state index >= 15 is 0 Å². The van der Waals surface area contributed by atoms with Crippen LogP contribution in [0.5, 0.6) is 0 Å². The summed E-state index contributed by atoms with van der Waals surface area (Å²) in [4.78, 5) is 35.8. The van der Waals surface area contributed by atoms with Crippen molar-refractivity contribution in [2.45, 2.75) is 13.8 Å². The van der Waals surface area contributed by atoms with Crippen molar-refractivity contribution in [3.05, 3.63) is 193 Å². The van der Waals surface area contributed by atoms with E-state index in [-0.39, 0.29) is 11.9 Å². The number of aromatic nitrogens is 4. The van der Waals surface area contributed by atoms with E-state index in [9.17, 15) is 9.59 Å². The van der Waals surface area contributed by atoms with Crippen molar-refractivity contribution < 1.29 is 19.1 Å². The molecule has 2 heterocycles. The molecule has 0 saturated heterocycles. The van der Waals surface area contributed by atoms with Crippen LogP contribution in [-0.4, -0.2) is 44.3 Å². The molecule has 2 aromatic heterocycles. The standard InChI is InChI=1S/2C24H20N2O2/c2*1-2-28-24(27)22-21(18-12-6-3-7-13-18)25-23(19-14-8-4-9-15-19)26(22)20-16-10-5-11-17-20/h2*3-17H,2H2,1H3. The molecule has 0 saturated carbocycles. The molecular formula is C48H40N4O4. The molecule has 8 nitrogen and oxygen atoms in total. The Hall–Kier alpha value is -7.32. The number of carbonyl (C=O) groups is 2. The number of para-hydroxylation sites is 2. The first-order valence-corrected chi connectivity index (χ1v) is 18.5. The monoisotopic (exact) mass is 736 g/mol. The van der Waals surface area contributed by atoms with Gasteiger partial charge in [0.15, 0.2) is 11.4 Å². The lowest BCUT2D eigenvalue weighted by atomic mass is 10.1. The quantitative estimate of drug-likeness (QED) is 0.130. The highest BCUT2D eigenvalue weighted by Crippen LogP contribution is 2.34. The summed E-state index contributed by atoms with van der Waals surface area (Å²) in [6.07, 6.45) is 0. The van der Waals surface area contributed by atoms with Crippen LogP contribution in [0.1, 0.15) is 34.8 Å². The summed E-state index contributed by atoms with van der Waals surface area (Å²) in [6.45, 7) is 4.21. The maximum atomic E-state index is 13.0. The van der Waals surface area contributed by atoms with Gasteiger partial charge in [0, 0.05) is 33.6 Å². The van der Waals surface area contributed by atoms with Gasteiger partial charge in [0.1, 0.15) is 23.0 Å². The third-order valence-electron chi connectivity index (χ3n) is 8.88. The molecule has 0 aliphatic carbocycles. The van der Waals surface area contributed by atoms with Crippen LogP contribution in [0.2, 0.25) is 0 Å². The normalized spacial score (nSPS) is 10.6. The molecule has 0 atom stereocenters. The summed E-state index contributed by atoms with van der Waals surface area (Å²) < 4.78 is 14.6. The molecule has 0 spiro atoms. The maximum absolute atomic E-state index is 13.0. The Morgan fingerprint density at radius 2 is 0.679 bits per heavy atom. The number of ether oxygens (including phenoxy) is 2. The van der Waals surface area contributed by atoms with Gasteiger partial charge in [-0.05, 0) is 38.1 Å². The molecule has 0 aliphatic heterocycles. The lowest BCUT2D eigenvalue weighted by Gasteiger charge is -2.12. The fourth-order valence-electron chi connectivity index (χ4n) is 6.43. The molecule has 276 valence electrons. The lowest BCUT2D eigenvalue weighted by molar-refractivity contribution is 0.0508. The Morgan fingerprint density at radius 3 is 0.964 bits per heavy atom. The number of benzene rings is 6. The van der Waals surface area contributed by atoms with E-state index in [1.54, 1.807) is 13.8 Å². The van der Waals surface area contributed by atoms with Gasteiger partial charge in [0.2, 0.25) is 0 Å². The second kappa shape index (κ2) is 17.7. The summed E-state index contributed by atoms with van der Waals surface area (Å²) in [6, 6.07) is 58.7. The van der Waals surface area contributed by atoms with Crippen LogP contribution < -0.4 is 0 Å². The summed E-state index contributed by atoms with van der Waals surface area (Å²) in [5, 5.41) is 0. The Labute approximate surface area is 326 Å². The first kappa shape index (κ1) is 37.0. The highest BCUT2D eigenvalue weighted by Gasteiger charge is 2.28. The second-order valence-electron chi connectivity index (χ2n) is 12.5. The SMILES string of the molecule is CCOC(=O)c1c(-c2ccccc2)nc(-c2ccccc2)n1-c1ccccc1.CCOC(=O)c1c(-c2ccccc2)nc(-c2ccccc2)n1-c1ccccc1. The number of rotatable bonds is 10. The summed E-state index contributed by atoms with van der Waals surface area (Å²) in [7, 11) is 0. The summed E-state index contributed by atoms with van der Waals surface area (Å²) in [5.41, 5.74) is 7.41. The molecule has 0 N–H and O–H groups in total. The fraction of sp³-hybridized carbons (Fsp3) is 0.0833. The summed E-state index contributed by atoms with van der Waals surface area (Å²) >= 11 is 0. The highest BCUT2D eigenvalue weighted by atomic mass is 16.5. The zero-order valence-corrected chi connectivity index (χ0v) is 31.2. The molecule has 0 fully saturated rings. The Bertz CT molecular complexity index is 2320. The van der Waals surface area contributed by atoms with Crippen LogP contribution in [0.15, 0.2) is 182 Å². The molecule has 0 radical (unpaired) electrons. The molecule has 8 heteroatoms. The average molecular weight is 737 g/mol. The Kier molecular flexibility index (Phi) is 11.7. The van der Waals surface area contributed by atoms with Gasteiger partial charge in [-0.15, -0.1) is 0 Å². The Balaban J connectivity index is 0.000000172. The van der Waals surface area contributed by atoms with Crippen molar-refractivity contribution in [1.29, 1.82) is 0 Å². The van der Waals surface area contributed by atoms with Crippen molar-refractivity contribution in [1.82, 2.24) is 19.1 Å². The predicted molar refractivity (Wildman–Crippen MR) is 221 cm³/mol. The first-order chi connectivity index (χ1) is 27.6. The number of imidazole rings is 2. The topological polar surface area (TPSA) is 88.2 Å². The zero-order chi connectivity index (χ0) is 38.7. The van der Waals surface area contributed by atoms with Gasteiger partial charge in [-0.3, -0.25) is 9.13 Å². The zero-order valence-electron chi connectivity index (χ0n) is 31.2. The van der Waals surface area contributed by atoms with Crippen LogP contribution in [0.3, 0.4) is 0 Å². The van der Waals surface area contributed by atoms with E-state index in [4.69, 9.17) is 19.4 Å². The van der Waals surface area contributed by atoms with Gasteiger partial charge in [-0.25, -0.2) is 19.6 Å². The molecular weight excluding hydrogens is 697 g/mol. The van der Waals surface area contributed by atoms with E-state index in [1.165, 1.54) is 0 Å². The van der Waals surface area contributed by atoms with Gasteiger partial charge < -0.3 is 9.47 Å². The molecule has 0 amide bonds. The van der Waals surface area contributed by atoms with Crippen LogP contribution in [0.25, 0.3) is 56.7 Å². The van der Waals surface area contributed by atoms with Gasteiger partial charge in [0.25, 0.3) is 0 Å². The first-order valence-electron chi connectivity index (χ1n) is 18.5. The third kappa shape index (κ3) is 7.95. The predicted octanol–water partition coefficient (Wildman–Crippen LogP) is 10.8. The number of esters is 2. The van der Waals surface area contributed by atoms with Crippen LogP contribution in [-0.2, 0) is 9.47 Å². The van der Waals surface area contributed by atoms with Crippen molar-refractivity contribution in [2.24, 2.45) is 0 Å².